The third kappa shape index (κ3) is 6.88. The van der Waals surface area contributed by atoms with Gasteiger partial charge in [0.25, 0.3) is 0 Å². The molecule has 0 amide bonds. The molecule has 12 heavy (non-hydrogen) atoms. The maximum atomic E-state index is 10.3. The smallest absolute Gasteiger partial charge is 0.156 e. The highest BCUT2D eigenvalue weighted by Crippen LogP contribution is 2.00. The summed E-state index contributed by atoms with van der Waals surface area (Å²) in [7, 11) is -2.46. The minimum Gasteiger partial charge on any atom is -0.317 e. The second-order valence-electron chi connectivity index (χ2n) is 2.61. The highest BCUT2D eigenvalue weighted by atomic mass is 35.5. The van der Waals surface area contributed by atoms with Crippen molar-refractivity contribution in [3.05, 3.63) is 0 Å². The Hall–Kier alpha value is 0.200. The first kappa shape index (κ1) is 12.2. The number of alkyl halides is 1. The van der Waals surface area contributed by atoms with Gasteiger partial charge in [-0.2, -0.15) is 0 Å². The minimum atomic E-state index is -2.46. The lowest BCUT2D eigenvalue weighted by Crippen LogP contribution is -2.19. The van der Waals surface area contributed by atoms with Gasteiger partial charge >= 0.3 is 0 Å². The Morgan fingerprint density at radius 3 is 2.58 bits per heavy atom. The average Bonchev–Trinajstić information content (AvgIpc) is 2.03. The molecule has 74 valence electrons. The number of halogens is 1. The van der Waals surface area contributed by atoms with Gasteiger partial charge in [0.15, 0.2) is 10.7 Å². The van der Waals surface area contributed by atoms with Gasteiger partial charge in [-0.1, -0.05) is 13.3 Å². The largest absolute Gasteiger partial charge is 0.317 e. The number of hydrogen-bond acceptors (Lipinski definition) is 3. The Kier molecular flexibility index (Phi) is 7.96. The molecule has 1 unspecified atom stereocenters. The Bertz CT molecular complexity index is 165. The fourth-order valence-corrected chi connectivity index (χ4v) is 1.20. The van der Waals surface area contributed by atoms with Gasteiger partial charge in [0.1, 0.15) is 4.71 Å². The second kappa shape index (κ2) is 7.83. The fraction of sp³-hybridized carbons (Fsp3) is 1.00. The molecular weight excluding hydrogens is 198 g/mol. The summed E-state index contributed by atoms with van der Waals surface area (Å²) in [5, 5.41) is 3.12. The van der Waals surface area contributed by atoms with E-state index < -0.39 is 15.4 Å². The van der Waals surface area contributed by atoms with Crippen LogP contribution in [0, 0.1) is 0 Å². The lowest BCUT2D eigenvalue weighted by atomic mass is 10.3. The molecule has 0 aromatic heterocycles. The van der Waals surface area contributed by atoms with Gasteiger partial charge in [-0.15, -0.1) is 11.6 Å². The van der Waals surface area contributed by atoms with E-state index in [1.54, 1.807) is 0 Å². The number of nitrogens with one attached hydrogen (secondary N) is 1. The van der Waals surface area contributed by atoms with Crippen LogP contribution in [0.5, 0.6) is 0 Å². The SMILES string of the molecule is CCCCNCCC(Cl)[SH](=O)=O. The lowest BCUT2D eigenvalue weighted by Gasteiger charge is -2.03. The molecule has 1 N–H and O–H groups in total. The van der Waals surface area contributed by atoms with Crippen LogP contribution in [0.1, 0.15) is 26.2 Å². The molecule has 0 bridgehead atoms. The third-order valence-corrected chi connectivity index (χ3v) is 2.91. The van der Waals surface area contributed by atoms with Crippen molar-refractivity contribution >= 4 is 22.3 Å². The number of rotatable bonds is 7. The summed E-state index contributed by atoms with van der Waals surface area (Å²) in [6.45, 7) is 3.73. The summed E-state index contributed by atoms with van der Waals surface area (Å²) in [5.41, 5.74) is 0. The molecule has 0 fully saturated rings. The summed E-state index contributed by atoms with van der Waals surface area (Å²) in [5.74, 6) is 0. The van der Waals surface area contributed by atoms with Crippen molar-refractivity contribution in [2.24, 2.45) is 0 Å². The van der Waals surface area contributed by atoms with E-state index in [0.717, 1.165) is 19.4 Å². The van der Waals surface area contributed by atoms with Crippen molar-refractivity contribution in [2.45, 2.75) is 30.9 Å². The number of thiol groups is 1. The maximum absolute atomic E-state index is 10.3. The predicted octanol–water partition coefficient (Wildman–Crippen LogP) is 0.942. The summed E-state index contributed by atoms with van der Waals surface area (Å²) in [6, 6.07) is 0. The van der Waals surface area contributed by atoms with Crippen molar-refractivity contribution in [3.8, 4) is 0 Å². The first-order valence-corrected chi connectivity index (χ1v) is 5.85. The average molecular weight is 214 g/mol. The van der Waals surface area contributed by atoms with Gasteiger partial charge in [0.05, 0.1) is 0 Å². The van der Waals surface area contributed by atoms with E-state index in [1.807, 2.05) is 0 Å². The molecule has 3 nitrogen and oxygen atoms in total. The molecule has 0 rings (SSSR count). The topological polar surface area (TPSA) is 46.2 Å². The fourth-order valence-electron chi connectivity index (χ4n) is 0.753. The summed E-state index contributed by atoms with van der Waals surface area (Å²) in [4.78, 5) is 0. The molecule has 0 saturated heterocycles. The van der Waals surface area contributed by atoms with Crippen molar-refractivity contribution in [1.82, 2.24) is 5.32 Å². The van der Waals surface area contributed by atoms with Gasteiger partial charge in [-0.3, -0.25) is 0 Å². The third-order valence-electron chi connectivity index (χ3n) is 1.50. The number of hydrogen-bond donors (Lipinski definition) is 2. The molecular formula is C7H16ClNO2S. The van der Waals surface area contributed by atoms with E-state index in [1.165, 1.54) is 0 Å². The molecule has 1 atom stereocenters. The van der Waals surface area contributed by atoms with Crippen molar-refractivity contribution in [2.75, 3.05) is 13.1 Å². The normalized spacial score (nSPS) is 13.6. The van der Waals surface area contributed by atoms with E-state index in [0.29, 0.717) is 13.0 Å². The summed E-state index contributed by atoms with van der Waals surface area (Å²) >= 11 is 5.49. The molecule has 0 aliphatic carbocycles. The van der Waals surface area contributed by atoms with Crippen LogP contribution in [0.25, 0.3) is 0 Å². The Morgan fingerprint density at radius 2 is 2.08 bits per heavy atom. The predicted molar refractivity (Wildman–Crippen MR) is 52.4 cm³/mol. The van der Waals surface area contributed by atoms with E-state index in [9.17, 15) is 8.42 Å². The molecule has 0 aliphatic rings. The first-order chi connectivity index (χ1) is 5.68. The first-order valence-electron chi connectivity index (χ1n) is 4.16. The zero-order valence-electron chi connectivity index (χ0n) is 7.25. The van der Waals surface area contributed by atoms with E-state index >= 15 is 0 Å². The lowest BCUT2D eigenvalue weighted by molar-refractivity contribution is 0.595. The van der Waals surface area contributed by atoms with E-state index in [4.69, 9.17) is 11.6 Å². The Labute approximate surface area is 80.4 Å². The number of unbranched alkanes of at least 4 members (excludes halogenated alkanes) is 1. The van der Waals surface area contributed by atoms with Crippen LogP contribution in [-0.2, 0) is 10.7 Å². The second-order valence-corrected chi connectivity index (χ2v) is 4.64. The standard InChI is InChI=1S/C7H16ClNO2S/c1-2-3-5-9-6-4-7(8)12(10)11/h7,9,12H,2-6H2,1H3. The van der Waals surface area contributed by atoms with Gasteiger partial charge in [-0.05, 0) is 25.9 Å². The van der Waals surface area contributed by atoms with Gasteiger partial charge < -0.3 is 5.32 Å². The van der Waals surface area contributed by atoms with Crippen LogP contribution in [0.15, 0.2) is 0 Å². The highest BCUT2D eigenvalue weighted by Gasteiger charge is 2.04. The molecule has 0 saturated carbocycles. The van der Waals surface area contributed by atoms with Crippen molar-refractivity contribution in [1.29, 1.82) is 0 Å². The van der Waals surface area contributed by atoms with Crippen molar-refractivity contribution in [3.63, 3.8) is 0 Å². The van der Waals surface area contributed by atoms with Crippen molar-refractivity contribution < 1.29 is 8.42 Å². The van der Waals surface area contributed by atoms with Crippen LogP contribution >= 0.6 is 11.6 Å². The molecule has 5 heteroatoms. The van der Waals surface area contributed by atoms with Gasteiger partial charge in [0, 0.05) is 0 Å². The molecule has 0 radical (unpaired) electrons. The van der Waals surface area contributed by atoms with Gasteiger partial charge in [-0.25, -0.2) is 8.42 Å². The highest BCUT2D eigenvalue weighted by molar-refractivity contribution is 7.74. The van der Waals surface area contributed by atoms with Crippen LogP contribution < -0.4 is 5.32 Å². The Balaban J connectivity index is 3.20. The molecule has 0 spiro atoms. The molecule has 0 aliphatic heterocycles. The minimum absolute atomic E-state index is 0.490. The zero-order valence-corrected chi connectivity index (χ0v) is 8.90. The van der Waals surface area contributed by atoms with E-state index in [-0.39, 0.29) is 0 Å². The van der Waals surface area contributed by atoms with Crippen LogP contribution in [0.3, 0.4) is 0 Å². The molecule has 0 aromatic carbocycles. The molecule has 0 heterocycles. The van der Waals surface area contributed by atoms with Crippen LogP contribution in [0.2, 0.25) is 0 Å². The van der Waals surface area contributed by atoms with E-state index in [2.05, 4.69) is 12.2 Å². The van der Waals surface area contributed by atoms with Crippen LogP contribution in [0.4, 0.5) is 0 Å². The summed E-state index contributed by atoms with van der Waals surface area (Å²) in [6.07, 6.45) is 2.76. The quantitative estimate of drug-likeness (QED) is 0.376. The van der Waals surface area contributed by atoms with Crippen LogP contribution in [-0.4, -0.2) is 26.2 Å². The summed E-state index contributed by atoms with van der Waals surface area (Å²) < 4.78 is 19.9. The molecule has 0 aromatic rings. The maximum Gasteiger partial charge on any atom is 0.156 e. The zero-order chi connectivity index (χ0) is 9.40. The van der Waals surface area contributed by atoms with Gasteiger partial charge in [0.2, 0.25) is 0 Å². The Morgan fingerprint density at radius 1 is 1.42 bits per heavy atom. The monoisotopic (exact) mass is 213 g/mol.